The number of aromatic amines is 1. The maximum absolute atomic E-state index is 4.40. The van der Waals surface area contributed by atoms with Gasteiger partial charge < -0.3 is 0 Å². The van der Waals surface area contributed by atoms with E-state index in [2.05, 4.69) is 61.1 Å². The summed E-state index contributed by atoms with van der Waals surface area (Å²) in [5, 5.41) is 7.13. The van der Waals surface area contributed by atoms with Crippen molar-refractivity contribution in [2.75, 3.05) is 0 Å². The van der Waals surface area contributed by atoms with Gasteiger partial charge in [-0.15, -0.1) is 0 Å². The number of hydrogen-bond donors (Lipinski definition) is 1. The summed E-state index contributed by atoms with van der Waals surface area (Å²) in [7, 11) is 0. The largest absolute Gasteiger partial charge is 0.263 e. The number of nitrogens with zero attached hydrogens (tertiary/aromatic N) is 2. The maximum atomic E-state index is 4.40. The zero-order valence-electron chi connectivity index (χ0n) is 11.1. The number of aromatic nitrogens is 3. The molecule has 0 amide bonds. The van der Waals surface area contributed by atoms with Gasteiger partial charge in [0.25, 0.3) is 0 Å². The summed E-state index contributed by atoms with van der Waals surface area (Å²) < 4.78 is 0. The van der Waals surface area contributed by atoms with Gasteiger partial charge in [-0.1, -0.05) is 39.0 Å². The third-order valence-electron chi connectivity index (χ3n) is 2.98. The molecule has 17 heavy (non-hydrogen) atoms. The second-order valence-corrected chi connectivity index (χ2v) is 5.47. The molecule has 0 saturated carbocycles. The minimum atomic E-state index is 0.144. The molecule has 3 heteroatoms. The smallest absolute Gasteiger partial charge is 0.181 e. The SMILES string of the molecule is Cc1nc(-c2cccc(C(C)(C)C)c2C)n[nH]1. The summed E-state index contributed by atoms with van der Waals surface area (Å²) in [5.41, 5.74) is 3.86. The molecule has 0 radical (unpaired) electrons. The van der Waals surface area contributed by atoms with E-state index < -0.39 is 0 Å². The average molecular weight is 229 g/mol. The van der Waals surface area contributed by atoms with E-state index in [0.29, 0.717) is 0 Å². The lowest BCUT2D eigenvalue weighted by molar-refractivity contribution is 0.586. The summed E-state index contributed by atoms with van der Waals surface area (Å²) >= 11 is 0. The highest BCUT2D eigenvalue weighted by Gasteiger charge is 2.19. The zero-order valence-corrected chi connectivity index (χ0v) is 11.1. The Balaban J connectivity index is 2.57. The lowest BCUT2D eigenvalue weighted by atomic mass is 9.82. The van der Waals surface area contributed by atoms with Gasteiger partial charge in [0, 0.05) is 5.56 Å². The molecule has 90 valence electrons. The molecule has 0 atom stereocenters. The second-order valence-electron chi connectivity index (χ2n) is 5.47. The van der Waals surface area contributed by atoms with Crippen LogP contribution in [0.5, 0.6) is 0 Å². The van der Waals surface area contributed by atoms with Crippen LogP contribution in [0.1, 0.15) is 37.7 Å². The van der Waals surface area contributed by atoms with Gasteiger partial charge in [-0.3, -0.25) is 5.10 Å². The second kappa shape index (κ2) is 3.99. The van der Waals surface area contributed by atoms with Crippen molar-refractivity contribution in [1.29, 1.82) is 0 Å². The van der Waals surface area contributed by atoms with E-state index >= 15 is 0 Å². The average Bonchev–Trinajstić information content (AvgIpc) is 2.63. The van der Waals surface area contributed by atoms with E-state index in [1.165, 1.54) is 11.1 Å². The predicted molar refractivity (Wildman–Crippen MR) is 70.0 cm³/mol. The van der Waals surface area contributed by atoms with Crippen LogP contribution in [0.3, 0.4) is 0 Å². The quantitative estimate of drug-likeness (QED) is 0.814. The first kappa shape index (κ1) is 11.8. The summed E-state index contributed by atoms with van der Waals surface area (Å²) in [6.45, 7) is 10.7. The van der Waals surface area contributed by atoms with Crippen LogP contribution < -0.4 is 0 Å². The summed E-state index contributed by atoms with van der Waals surface area (Å²) in [4.78, 5) is 4.40. The Hall–Kier alpha value is -1.64. The highest BCUT2D eigenvalue weighted by molar-refractivity contribution is 5.62. The Morgan fingerprint density at radius 3 is 2.35 bits per heavy atom. The van der Waals surface area contributed by atoms with Crippen molar-refractivity contribution >= 4 is 0 Å². The molecule has 0 aliphatic heterocycles. The highest BCUT2D eigenvalue weighted by atomic mass is 15.2. The number of nitrogens with one attached hydrogen (secondary N) is 1. The number of benzene rings is 1. The molecule has 1 N–H and O–H groups in total. The van der Waals surface area contributed by atoms with E-state index in [-0.39, 0.29) is 5.41 Å². The van der Waals surface area contributed by atoms with Crippen LogP contribution in [0.15, 0.2) is 18.2 Å². The molecule has 1 aromatic heterocycles. The van der Waals surface area contributed by atoms with Crippen LogP contribution in [0.4, 0.5) is 0 Å². The van der Waals surface area contributed by atoms with Crippen molar-refractivity contribution in [2.45, 2.75) is 40.0 Å². The Morgan fingerprint density at radius 2 is 1.82 bits per heavy atom. The van der Waals surface area contributed by atoms with E-state index in [1.807, 2.05) is 6.92 Å². The highest BCUT2D eigenvalue weighted by Crippen LogP contribution is 2.30. The van der Waals surface area contributed by atoms with Crippen molar-refractivity contribution in [1.82, 2.24) is 15.2 Å². The number of H-pyrrole nitrogens is 1. The van der Waals surface area contributed by atoms with Gasteiger partial charge in [-0.25, -0.2) is 4.98 Å². The molecule has 0 bridgehead atoms. The maximum Gasteiger partial charge on any atom is 0.181 e. The van der Waals surface area contributed by atoms with Crippen LogP contribution in [0.2, 0.25) is 0 Å². The molecule has 0 saturated heterocycles. The van der Waals surface area contributed by atoms with E-state index in [4.69, 9.17) is 0 Å². The standard InChI is InChI=1S/C14H19N3/c1-9-11(13-15-10(2)16-17-13)7-6-8-12(9)14(3,4)5/h6-8H,1-5H3,(H,15,16,17). The Labute approximate surface area is 102 Å². The molecule has 0 fully saturated rings. The van der Waals surface area contributed by atoms with Crippen molar-refractivity contribution in [2.24, 2.45) is 0 Å². The predicted octanol–water partition coefficient (Wildman–Crippen LogP) is 3.39. The van der Waals surface area contributed by atoms with Gasteiger partial charge in [0.05, 0.1) is 0 Å². The van der Waals surface area contributed by atoms with Crippen LogP contribution in [0, 0.1) is 13.8 Å². The molecule has 1 heterocycles. The molecular formula is C14H19N3. The monoisotopic (exact) mass is 229 g/mol. The van der Waals surface area contributed by atoms with Crippen molar-refractivity contribution in [3.63, 3.8) is 0 Å². The van der Waals surface area contributed by atoms with Gasteiger partial charge in [-0.05, 0) is 30.4 Å². The van der Waals surface area contributed by atoms with Crippen molar-refractivity contribution in [3.05, 3.63) is 35.2 Å². The van der Waals surface area contributed by atoms with Gasteiger partial charge in [0.1, 0.15) is 5.82 Å². The molecule has 0 aliphatic carbocycles. The topological polar surface area (TPSA) is 41.6 Å². The first-order valence-corrected chi connectivity index (χ1v) is 5.89. The fourth-order valence-corrected chi connectivity index (χ4v) is 2.15. The van der Waals surface area contributed by atoms with E-state index in [9.17, 15) is 0 Å². The number of rotatable bonds is 1. The van der Waals surface area contributed by atoms with Crippen LogP contribution in [-0.2, 0) is 5.41 Å². The van der Waals surface area contributed by atoms with Crippen LogP contribution >= 0.6 is 0 Å². The minimum Gasteiger partial charge on any atom is -0.263 e. The summed E-state index contributed by atoms with van der Waals surface area (Å²) in [6, 6.07) is 6.33. The normalized spacial score (nSPS) is 11.8. The van der Waals surface area contributed by atoms with E-state index in [1.54, 1.807) is 0 Å². The van der Waals surface area contributed by atoms with Crippen molar-refractivity contribution < 1.29 is 0 Å². The molecule has 3 nitrogen and oxygen atoms in total. The third kappa shape index (κ3) is 2.23. The first-order valence-electron chi connectivity index (χ1n) is 5.89. The molecule has 0 unspecified atom stereocenters. The third-order valence-corrected chi connectivity index (χ3v) is 2.98. The Kier molecular flexibility index (Phi) is 2.77. The van der Waals surface area contributed by atoms with Crippen LogP contribution in [0.25, 0.3) is 11.4 Å². The molecule has 2 aromatic rings. The van der Waals surface area contributed by atoms with Gasteiger partial charge in [0.2, 0.25) is 0 Å². The van der Waals surface area contributed by atoms with Gasteiger partial charge >= 0.3 is 0 Å². The number of hydrogen-bond acceptors (Lipinski definition) is 2. The van der Waals surface area contributed by atoms with E-state index in [0.717, 1.165) is 17.2 Å². The Bertz CT molecular complexity index is 533. The molecule has 1 aromatic carbocycles. The number of aryl methyl sites for hydroxylation is 1. The summed E-state index contributed by atoms with van der Waals surface area (Å²) in [6.07, 6.45) is 0. The summed E-state index contributed by atoms with van der Waals surface area (Å²) in [5.74, 6) is 1.63. The lowest BCUT2D eigenvalue weighted by Crippen LogP contribution is -2.13. The molecular weight excluding hydrogens is 210 g/mol. The Morgan fingerprint density at radius 1 is 1.12 bits per heavy atom. The van der Waals surface area contributed by atoms with Gasteiger partial charge in [0.15, 0.2) is 5.82 Å². The van der Waals surface area contributed by atoms with Crippen LogP contribution in [-0.4, -0.2) is 15.2 Å². The minimum absolute atomic E-state index is 0.144. The fourth-order valence-electron chi connectivity index (χ4n) is 2.15. The van der Waals surface area contributed by atoms with Gasteiger partial charge in [-0.2, -0.15) is 5.10 Å². The lowest BCUT2D eigenvalue weighted by Gasteiger charge is -2.22. The van der Waals surface area contributed by atoms with Crippen molar-refractivity contribution in [3.8, 4) is 11.4 Å². The molecule has 0 spiro atoms. The molecule has 0 aliphatic rings. The fraction of sp³-hybridized carbons (Fsp3) is 0.429. The zero-order chi connectivity index (χ0) is 12.6. The molecule has 2 rings (SSSR count). The first-order chi connectivity index (χ1) is 7.89.